The molecule has 0 bridgehead atoms. The van der Waals surface area contributed by atoms with E-state index in [4.69, 9.17) is 9.47 Å². The Morgan fingerprint density at radius 1 is 1.11 bits per heavy atom. The van der Waals surface area contributed by atoms with Gasteiger partial charge in [-0.2, -0.15) is 0 Å². The molecule has 7 heteroatoms. The Kier molecular flexibility index (Phi) is 5.80. The van der Waals surface area contributed by atoms with Gasteiger partial charge in [-0.25, -0.2) is 0 Å². The number of piperazine rings is 1. The Bertz CT molecular complexity index is 830. The fourth-order valence-corrected chi connectivity index (χ4v) is 3.07. The minimum Gasteiger partial charge on any atom is -0.497 e. The average molecular weight is 370 g/mol. The zero-order valence-electron chi connectivity index (χ0n) is 15.5. The molecule has 0 spiro atoms. The molecule has 0 aliphatic carbocycles. The fraction of sp³-hybridized carbons (Fsp3) is 0.300. The van der Waals surface area contributed by atoms with E-state index in [2.05, 4.69) is 4.90 Å². The Morgan fingerprint density at radius 3 is 2.56 bits per heavy atom. The van der Waals surface area contributed by atoms with Crippen LogP contribution in [-0.4, -0.2) is 56.4 Å². The minimum atomic E-state index is -0.0514. The summed E-state index contributed by atoms with van der Waals surface area (Å²) in [6.45, 7) is 2.50. The smallest absolute Gasteiger partial charge is 0.316 e. The predicted molar refractivity (Wildman–Crippen MR) is 101 cm³/mol. The number of ether oxygens (including phenoxy) is 2. The molecule has 1 saturated heterocycles. The van der Waals surface area contributed by atoms with Crippen LogP contribution in [0.1, 0.15) is 5.56 Å². The first-order valence-corrected chi connectivity index (χ1v) is 8.76. The van der Waals surface area contributed by atoms with Crippen LogP contribution in [0, 0.1) is 0 Å². The van der Waals surface area contributed by atoms with Crippen LogP contribution in [0.3, 0.4) is 0 Å². The molecule has 2 aromatic rings. The van der Waals surface area contributed by atoms with Crippen LogP contribution in [0.5, 0.6) is 11.5 Å². The van der Waals surface area contributed by atoms with Gasteiger partial charge in [0.25, 0.3) is 0 Å². The summed E-state index contributed by atoms with van der Waals surface area (Å²) in [7, 11) is 3.19. The van der Waals surface area contributed by atoms with E-state index in [1.165, 1.54) is 0 Å². The van der Waals surface area contributed by atoms with Gasteiger partial charge >= 0.3 is 5.82 Å². The largest absolute Gasteiger partial charge is 0.497 e. The number of rotatable bonds is 5. The molecule has 1 aromatic heterocycles. The van der Waals surface area contributed by atoms with Gasteiger partial charge in [0.1, 0.15) is 30.8 Å². The van der Waals surface area contributed by atoms with Crippen molar-refractivity contribution >= 4 is 17.8 Å². The van der Waals surface area contributed by atoms with Crippen molar-refractivity contribution in [2.75, 3.05) is 45.3 Å². The summed E-state index contributed by atoms with van der Waals surface area (Å²) in [6, 6.07) is 11.0. The number of anilines is 1. The van der Waals surface area contributed by atoms with Crippen LogP contribution in [0.15, 0.2) is 48.7 Å². The Labute approximate surface area is 158 Å². The van der Waals surface area contributed by atoms with E-state index in [0.717, 1.165) is 16.1 Å². The van der Waals surface area contributed by atoms with Crippen LogP contribution in [-0.2, 0) is 4.79 Å². The SMILES string of the molecule is COc1ccc(OC)c(/C=C/C(=O)N2CCN(c3cccc[n+]3O)CC2)c1. The number of benzene rings is 1. The van der Waals surface area contributed by atoms with Crippen molar-refractivity contribution in [3.05, 3.63) is 54.2 Å². The molecule has 27 heavy (non-hydrogen) atoms. The van der Waals surface area contributed by atoms with E-state index in [1.807, 2.05) is 30.3 Å². The molecular formula is C20H24N3O4+. The van der Waals surface area contributed by atoms with Crippen molar-refractivity contribution in [2.45, 2.75) is 0 Å². The molecule has 7 nitrogen and oxygen atoms in total. The maximum atomic E-state index is 12.5. The molecule has 0 radical (unpaired) electrons. The molecule has 0 saturated carbocycles. The Balaban J connectivity index is 1.63. The monoisotopic (exact) mass is 370 g/mol. The van der Waals surface area contributed by atoms with Gasteiger partial charge < -0.3 is 19.6 Å². The number of carbonyl (C=O) groups is 1. The summed E-state index contributed by atoms with van der Waals surface area (Å²) >= 11 is 0. The topological polar surface area (TPSA) is 66.1 Å². The number of methoxy groups -OCH3 is 2. The predicted octanol–water partition coefficient (Wildman–Crippen LogP) is 1.59. The minimum absolute atomic E-state index is 0.0514. The average Bonchev–Trinajstić information content (AvgIpc) is 2.72. The molecule has 1 aromatic carbocycles. The van der Waals surface area contributed by atoms with Crippen LogP contribution >= 0.6 is 0 Å². The second kappa shape index (κ2) is 8.44. The summed E-state index contributed by atoms with van der Waals surface area (Å²) < 4.78 is 11.7. The maximum Gasteiger partial charge on any atom is 0.316 e. The number of hydrogen-bond donors (Lipinski definition) is 1. The number of pyridine rings is 1. The molecule has 1 aliphatic rings. The molecule has 1 aliphatic heterocycles. The van der Waals surface area contributed by atoms with Crippen molar-refractivity contribution in [1.82, 2.24) is 4.90 Å². The lowest BCUT2D eigenvalue weighted by molar-refractivity contribution is -0.894. The number of carbonyl (C=O) groups excluding carboxylic acids is 1. The summed E-state index contributed by atoms with van der Waals surface area (Å²) in [6.07, 6.45) is 4.90. The molecule has 2 heterocycles. The van der Waals surface area contributed by atoms with Crippen LogP contribution in [0.4, 0.5) is 5.82 Å². The van der Waals surface area contributed by atoms with Crippen molar-refractivity contribution in [2.24, 2.45) is 0 Å². The number of hydrogen-bond acceptors (Lipinski definition) is 5. The third-order valence-corrected chi connectivity index (χ3v) is 4.58. The highest BCUT2D eigenvalue weighted by atomic mass is 16.5. The standard InChI is InChI=1S/C20H24N3O4/c1-26-17-7-8-18(27-2)16(15-17)6-9-20(24)22-13-11-21(12-14-22)19-5-3-4-10-23(19)25/h3-10,15,25H,11-14H2,1-2H3/q+1/b9-6+. The van der Waals surface area contributed by atoms with Crippen molar-refractivity contribution in [3.63, 3.8) is 0 Å². The van der Waals surface area contributed by atoms with E-state index < -0.39 is 0 Å². The molecular weight excluding hydrogens is 346 g/mol. The third-order valence-electron chi connectivity index (χ3n) is 4.58. The summed E-state index contributed by atoms with van der Waals surface area (Å²) in [5.74, 6) is 2.06. The number of aromatic nitrogens is 1. The third kappa shape index (κ3) is 4.31. The van der Waals surface area contributed by atoms with E-state index in [9.17, 15) is 10.0 Å². The van der Waals surface area contributed by atoms with Gasteiger partial charge in [0.05, 0.1) is 27.3 Å². The Hall–Kier alpha value is -3.22. The van der Waals surface area contributed by atoms with Crippen molar-refractivity contribution in [1.29, 1.82) is 0 Å². The highest BCUT2D eigenvalue weighted by Crippen LogP contribution is 2.25. The van der Waals surface area contributed by atoms with E-state index >= 15 is 0 Å². The molecule has 142 valence electrons. The maximum absolute atomic E-state index is 12.5. The molecule has 0 unspecified atom stereocenters. The van der Waals surface area contributed by atoms with E-state index in [0.29, 0.717) is 37.7 Å². The zero-order valence-corrected chi connectivity index (χ0v) is 15.5. The highest BCUT2D eigenvalue weighted by molar-refractivity contribution is 5.92. The van der Waals surface area contributed by atoms with Gasteiger partial charge in [0.2, 0.25) is 5.91 Å². The lowest BCUT2D eigenvalue weighted by Crippen LogP contribution is -2.51. The van der Waals surface area contributed by atoms with Gasteiger partial charge in [-0.1, -0.05) is 10.8 Å². The van der Waals surface area contributed by atoms with E-state index in [-0.39, 0.29) is 5.91 Å². The van der Waals surface area contributed by atoms with Crippen molar-refractivity contribution < 1.29 is 24.2 Å². The first kappa shape index (κ1) is 18.6. The first-order chi connectivity index (χ1) is 13.1. The molecule has 0 atom stereocenters. The number of nitrogens with zero attached hydrogens (tertiary/aromatic N) is 3. The van der Waals surface area contributed by atoms with Gasteiger partial charge in [-0.15, -0.1) is 0 Å². The summed E-state index contributed by atoms with van der Waals surface area (Å²) in [5.41, 5.74) is 0.787. The quantitative estimate of drug-likeness (QED) is 0.492. The lowest BCUT2D eigenvalue weighted by Gasteiger charge is -2.30. The van der Waals surface area contributed by atoms with Crippen molar-refractivity contribution in [3.8, 4) is 11.5 Å². The van der Waals surface area contributed by atoms with E-state index in [1.54, 1.807) is 43.5 Å². The lowest BCUT2D eigenvalue weighted by atomic mass is 10.1. The molecule has 1 fully saturated rings. The van der Waals surface area contributed by atoms with Gasteiger partial charge in [-0.05, 0) is 30.3 Å². The van der Waals surface area contributed by atoms with Crippen LogP contribution in [0.2, 0.25) is 0 Å². The second-order valence-corrected chi connectivity index (χ2v) is 6.16. The Morgan fingerprint density at radius 2 is 1.89 bits per heavy atom. The normalized spacial score (nSPS) is 14.4. The fourth-order valence-electron chi connectivity index (χ4n) is 3.07. The molecule has 1 N–H and O–H groups in total. The van der Waals surface area contributed by atoms with Crippen LogP contribution < -0.4 is 19.1 Å². The molecule has 1 amide bonds. The highest BCUT2D eigenvalue weighted by Gasteiger charge is 2.26. The zero-order chi connectivity index (χ0) is 19.2. The van der Waals surface area contributed by atoms with Gasteiger partial charge in [0, 0.05) is 17.7 Å². The first-order valence-electron chi connectivity index (χ1n) is 8.76. The summed E-state index contributed by atoms with van der Waals surface area (Å²) in [4.78, 5) is 16.4. The second-order valence-electron chi connectivity index (χ2n) is 6.16. The van der Waals surface area contributed by atoms with Crippen LogP contribution in [0.25, 0.3) is 6.08 Å². The molecule has 3 rings (SSSR count). The van der Waals surface area contributed by atoms with Gasteiger partial charge in [0.15, 0.2) is 0 Å². The summed E-state index contributed by atoms with van der Waals surface area (Å²) in [5, 5.41) is 9.90. The number of amides is 1. The van der Waals surface area contributed by atoms with Gasteiger partial charge in [-0.3, -0.25) is 9.69 Å².